The first-order valence-electron chi connectivity index (χ1n) is 8.92. The van der Waals surface area contributed by atoms with Crippen molar-refractivity contribution in [1.82, 2.24) is 15.0 Å². The van der Waals surface area contributed by atoms with Gasteiger partial charge in [-0.25, -0.2) is 0 Å². The summed E-state index contributed by atoms with van der Waals surface area (Å²) in [5, 5.41) is 17.9. The maximum Gasteiger partial charge on any atom is 0.292 e. The minimum Gasteiger partial charge on any atom is -0.379 e. The van der Waals surface area contributed by atoms with Gasteiger partial charge in [-0.15, -0.1) is 0 Å². The van der Waals surface area contributed by atoms with E-state index in [1.54, 1.807) is 18.2 Å². The third-order valence-corrected chi connectivity index (χ3v) is 4.54. The normalized spacial score (nSPS) is 14.9. The van der Waals surface area contributed by atoms with Gasteiger partial charge in [0.25, 0.3) is 5.69 Å². The Bertz CT molecular complexity index is 799. The Morgan fingerprint density at radius 1 is 1.30 bits per heavy atom. The first-order chi connectivity index (χ1) is 13.0. The number of piperazine rings is 1. The number of aromatic nitrogens is 1. The molecule has 1 aliphatic heterocycles. The van der Waals surface area contributed by atoms with E-state index in [-0.39, 0.29) is 11.6 Å². The predicted molar refractivity (Wildman–Crippen MR) is 99.3 cm³/mol. The van der Waals surface area contributed by atoms with E-state index in [9.17, 15) is 14.9 Å². The van der Waals surface area contributed by atoms with Crippen LogP contribution in [0.2, 0.25) is 0 Å². The number of rotatable bonds is 7. The van der Waals surface area contributed by atoms with Crippen LogP contribution in [0.15, 0.2) is 34.9 Å². The van der Waals surface area contributed by atoms with Crippen molar-refractivity contribution >= 4 is 17.3 Å². The van der Waals surface area contributed by atoms with Crippen LogP contribution in [0, 0.1) is 17.0 Å². The lowest BCUT2D eigenvalue weighted by atomic mass is 10.2. The Morgan fingerprint density at radius 3 is 2.70 bits per heavy atom. The van der Waals surface area contributed by atoms with Crippen LogP contribution in [0.5, 0.6) is 0 Å². The molecule has 2 heterocycles. The fourth-order valence-electron chi connectivity index (χ4n) is 3.11. The summed E-state index contributed by atoms with van der Waals surface area (Å²) in [6.07, 6.45) is 0.299. The van der Waals surface area contributed by atoms with E-state index in [2.05, 4.69) is 15.4 Å². The average molecular weight is 373 g/mol. The lowest BCUT2D eigenvalue weighted by Gasteiger charge is -2.34. The Labute approximate surface area is 157 Å². The van der Waals surface area contributed by atoms with E-state index in [0.717, 1.165) is 24.5 Å². The quantitative estimate of drug-likeness (QED) is 0.585. The molecule has 9 nitrogen and oxygen atoms in total. The summed E-state index contributed by atoms with van der Waals surface area (Å²) in [5.74, 6) is 0.886. The molecule has 3 rings (SSSR count). The van der Waals surface area contributed by atoms with Gasteiger partial charge >= 0.3 is 0 Å². The van der Waals surface area contributed by atoms with Crippen molar-refractivity contribution in [3.05, 3.63) is 51.9 Å². The molecule has 1 aliphatic rings. The van der Waals surface area contributed by atoms with Gasteiger partial charge in [-0.1, -0.05) is 17.3 Å². The minimum absolute atomic E-state index is 0.0150. The Morgan fingerprint density at radius 2 is 2.04 bits per heavy atom. The lowest BCUT2D eigenvalue weighted by Crippen LogP contribution is -2.48. The van der Waals surface area contributed by atoms with Gasteiger partial charge in [-0.05, 0) is 13.0 Å². The predicted octanol–water partition coefficient (Wildman–Crippen LogP) is 2.04. The summed E-state index contributed by atoms with van der Waals surface area (Å²) in [4.78, 5) is 27.0. The molecule has 1 N–H and O–H groups in total. The highest BCUT2D eigenvalue weighted by Crippen LogP contribution is 2.23. The number of benzene rings is 1. The smallest absolute Gasteiger partial charge is 0.292 e. The highest BCUT2D eigenvalue weighted by Gasteiger charge is 2.22. The number of para-hydroxylation sites is 2. The van der Waals surface area contributed by atoms with Crippen molar-refractivity contribution in [2.75, 3.05) is 38.0 Å². The second kappa shape index (κ2) is 8.63. The van der Waals surface area contributed by atoms with Gasteiger partial charge in [0.05, 0.1) is 17.2 Å². The van der Waals surface area contributed by atoms with Gasteiger partial charge in [-0.2, -0.15) is 0 Å². The van der Waals surface area contributed by atoms with Crippen LogP contribution < -0.4 is 5.32 Å². The largest absolute Gasteiger partial charge is 0.379 e. The standard InChI is InChI=1S/C18H23N5O4/c1-14-12-15(27-20-14)13-21-8-10-22(11-9-21)18(24)6-7-19-16-4-2-3-5-17(16)23(25)26/h2-5,12,19H,6-11,13H2,1H3. The van der Waals surface area contributed by atoms with Crippen LogP contribution >= 0.6 is 0 Å². The molecule has 0 spiro atoms. The maximum absolute atomic E-state index is 12.4. The van der Waals surface area contributed by atoms with Crippen LogP contribution in [0.4, 0.5) is 11.4 Å². The fraction of sp³-hybridized carbons (Fsp3) is 0.444. The summed E-state index contributed by atoms with van der Waals surface area (Å²) in [6, 6.07) is 8.36. The molecular formula is C18H23N5O4. The number of carbonyl (C=O) groups is 1. The molecule has 0 saturated carbocycles. The zero-order valence-corrected chi connectivity index (χ0v) is 15.3. The number of nitro groups is 1. The Hall–Kier alpha value is -2.94. The molecule has 0 unspecified atom stereocenters. The monoisotopic (exact) mass is 373 g/mol. The molecule has 1 saturated heterocycles. The van der Waals surface area contributed by atoms with Crippen molar-refractivity contribution in [2.24, 2.45) is 0 Å². The number of anilines is 1. The first kappa shape index (κ1) is 18.8. The van der Waals surface area contributed by atoms with Crippen LogP contribution in [0.3, 0.4) is 0 Å². The van der Waals surface area contributed by atoms with E-state index >= 15 is 0 Å². The molecular weight excluding hydrogens is 350 g/mol. The lowest BCUT2D eigenvalue weighted by molar-refractivity contribution is -0.384. The topological polar surface area (TPSA) is 105 Å². The minimum atomic E-state index is -0.431. The van der Waals surface area contributed by atoms with Crippen molar-refractivity contribution in [2.45, 2.75) is 19.9 Å². The zero-order valence-electron chi connectivity index (χ0n) is 15.3. The van der Waals surface area contributed by atoms with Crippen molar-refractivity contribution in [3.63, 3.8) is 0 Å². The number of aryl methyl sites for hydroxylation is 1. The number of hydrogen-bond acceptors (Lipinski definition) is 7. The third-order valence-electron chi connectivity index (χ3n) is 4.54. The molecule has 1 fully saturated rings. The summed E-state index contributed by atoms with van der Waals surface area (Å²) in [6.45, 7) is 5.84. The molecule has 144 valence electrons. The number of nitrogens with one attached hydrogen (secondary N) is 1. The van der Waals surface area contributed by atoms with Gasteiger partial charge < -0.3 is 14.7 Å². The van der Waals surface area contributed by atoms with E-state index in [1.165, 1.54) is 6.07 Å². The average Bonchev–Trinajstić information content (AvgIpc) is 3.07. The second-order valence-corrected chi connectivity index (χ2v) is 6.54. The van der Waals surface area contributed by atoms with Crippen LogP contribution in [-0.2, 0) is 11.3 Å². The van der Waals surface area contributed by atoms with Gasteiger partial charge in [0.15, 0.2) is 5.76 Å². The number of carbonyl (C=O) groups excluding carboxylic acids is 1. The molecule has 1 aromatic carbocycles. The summed E-state index contributed by atoms with van der Waals surface area (Å²) >= 11 is 0. The summed E-state index contributed by atoms with van der Waals surface area (Å²) in [5.41, 5.74) is 1.31. The van der Waals surface area contributed by atoms with Gasteiger partial charge in [0, 0.05) is 51.3 Å². The molecule has 2 aromatic rings. The number of nitrogens with zero attached hydrogens (tertiary/aromatic N) is 4. The summed E-state index contributed by atoms with van der Waals surface area (Å²) < 4.78 is 5.23. The molecule has 0 aliphatic carbocycles. The van der Waals surface area contributed by atoms with E-state index < -0.39 is 4.92 Å². The summed E-state index contributed by atoms with van der Waals surface area (Å²) in [7, 11) is 0. The van der Waals surface area contributed by atoms with Crippen LogP contribution in [-0.4, -0.2) is 58.5 Å². The highest BCUT2D eigenvalue weighted by atomic mass is 16.6. The zero-order chi connectivity index (χ0) is 19.2. The second-order valence-electron chi connectivity index (χ2n) is 6.54. The van der Waals surface area contributed by atoms with Gasteiger partial charge in [0.1, 0.15) is 5.69 Å². The molecule has 9 heteroatoms. The SMILES string of the molecule is Cc1cc(CN2CCN(C(=O)CCNc3ccccc3[N+](=O)[O-])CC2)on1. The molecule has 0 radical (unpaired) electrons. The molecule has 1 amide bonds. The van der Waals surface area contributed by atoms with Crippen LogP contribution in [0.1, 0.15) is 17.9 Å². The van der Waals surface area contributed by atoms with Crippen molar-refractivity contribution < 1.29 is 14.2 Å². The highest BCUT2D eigenvalue weighted by molar-refractivity contribution is 5.77. The fourth-order valence-corrected chi connectivity index (χ4v) is 3.11. The van der Waals surface area contributed by atoms with Gasteiger partial charge in [0.2, 0.25) is 5.91 Å². The molecule has 1 aromatic heterocycles. The van der Waals surface area contributed by atoms with Gasteiger partial charge in [-0.3, -0.25) is 19.8 Å². The molecule has 0 bridgehead atoms. The third kappa shape index (κ3) is 5.04. The molecule has 27 heavy (non-hydrogen) atoms. The van der Waals surface area contributed by atoms with E-state index in [0.29, 0.717) is 38.3 Å². The number of hydrogen-bond donors (Lipinski definition) is 1. The first-order valence-corrected chi connectivity index (χ1v) is 8.92. The number of amides is 1. The van der Waals surface area contributed by atoms with Crippen molar-refractivity contribution in [3.8, 4) is 0 Å². The number of nitro benzene ring substituents is 1. The molecule has 0 atom stereocenters. The Kier molecular flexibility index (Phi) is 6.02. The van der Waals surface area contributed by atoms with Crippen molar-refractivity contribution in [1.29, 1.82) is 0 Å². The van der Waals surface area contributed by atoms with E-state index in [4.69, 9.17) is 4.52 Å². The Balaban J connectivity index is 1.41. The van der Waals surface area contributed by atoms with Crippen LogP contribution in [0.25, 0.3) is 0 Å². The maximum atomic E-state index is 12.4. The van der Waals surface area contributed by atoms with E-state index in [1.807, 2.05) is 17.9 Å².